The van der Waals surface area contributed by atoms with Crippen LogP contribution in [0, 0.1) is 0 Å². The van der Waals surface area contributed by atoms with E-state index in [4.69, 9.17) is 9.88 Å². The van der Waals surface area contributed by atoms with Gasteiger partial charge in [0.1, 0.15) is 5.60 Å². The fraction of sp³-hybridized carbons (Fsp3) is 0.235. The van der Waals surface area contributed by atoms with Crippen LogP contribution >= 0.6 is 0 Å². The minimum atomic E-state index is -3.72. The Morgan fingerprint density at radius 2 is 1.67 bits per heavy atom. The summed E-state index contributed by atoms with van der Waals surface area (Å²) in [6, 6.07) is 13.4. The van der Waals surface area contributed by atoms with Gasteiger partial charge in [-0.05, 0) is 56.2 Å². The Bertz CT molecular complexity index is 838. The van der Waals surface area contributed by atoms with Crippen molar-refractivity contribution in [2.75, 3.05) is 5.32 Å². The van der Waals surface area contributed by atoms with Crippen molar-refractivity contribution in [1.29, 1.82) is 0 Å². The zero-order valence-corrected chi connectivity index (χ0v) is 14.6. The van der Waals surface area contributed by atoms with Crippen LogP contribution in [0.25, 0.3) is 11.1 Å². The molecule has 0 fully saturated rings. The normalized spacial score (nSPS) is 11.8. The summed E-state index contributed by atoms with van der Waals surface area (Å²) in [6.07, 6.45) is -0.538. The second-order valence-electron chi connectivity index (χ2n) is 6.28. The summed E-state index contributed by atoms with van der Waals surface area (Å²) in [5.74, 6) is 0. The first-order valence-corrected chi connectivity index (χ1v) is 8.82. The minimum absolute atomic E-state index is 0.0503. The quantitative estimate of drug-likeness (QED) is 0.888. The van der Waals surface area contributed by atoms with E-state index in [9.17, 15) is 13.2 Å². The molecule has 0 aromatic heterocycles. The molecule has 0 spiro atoms. The first-order valence-electron chi connectivity index (χ1n) is 7.28. The number of ether oxygens (including phenoxy) is 1. The number of nitrogens with one attached hydrogen (secondary N) is 1. The van der Waals surface area contributed by atoms with Crippen LogP contribution in [-0.2, 0) is 14.8 Å². The van der Waals surface area contributed by atoms with E-state index < -0.39 is 21.7 Å². The van der Waals surface area contributed by atoms with Gasteiger partial charge in [0.05, 0.1) is 4.90 Å². The summed E-state index contributed by atoms with van der Waals surface area (Å²) < 4.78 is 27.8. The predicted molar refractivity (Wildman–Crippen MR) is 93.1 cm³/mol. The SMILES string of the molecule is CC(C)(C)OC(=O)Nc1cccc(-c2ccc(S(N)(=O)=O)cc2)c1. The van der Waals surface area contributed by atoms with Gasteiger partial charge in [-0.3, -0.25) is 5.32 Å². The standard InChI is InChI=1S/C17H20N2O4S/c1-17(2,3)23-16(20)19-14-6-4-5-13(11-14)12-7-9-15(10-8-12)24(18,21)22/h4-11H,1-3H3,(H,19,20)(H2,18,21,22). The maximum atomic E-state index is 11.8. The molecule has 0 aliphatic carbocycles. The summed E-state index contributed by atoms with van der Waals surface area (Å²) in [7, 11) is -3.72. The molecule has 3 N–H and O–H groups in total. The van der Waals surface area contributed by atoms with Gasteiger partial charge in [-0.25, -0.2) is 18.4 Å². The van der Waals surface area contributed by atoms with Crippen LogP contribution in [0.4, 0.5) is 10.5 Å². The molecule has 0 saturated heterocycles. The first kappa shape index (κ1) is 18.0. The van der Waals surface area contributed by atoms with Gasteiger partial charge in [0.25, 0.3) is 0 Å². The van der Waals surface area contributed by atoms with Crippen LogP contribution in [-0.4, -0.2) is 20.1 Å². The van der Waals surface area contributed by atoms with Crippen molar-refractivity contribution in [3.63, 3.8) is 0 Å². The molecule has 128 valence electrons. The highest BCUT2D eigenvalue weighted by Gasteiger charge is 2.16. The molecule has 0 atom stereocenters. The lowest BCUT2D eigenvalue weighted by molar-refractivity contribution is 0.0636. The van der Waals surface area contributed by atoms with Gasteiger partial charge < -0.3 is 4.74 Å². The van der Waals surface area contributed by atoms with E-state index in [-0.39, 0.29) is 4.90 Å². The van der Waals surface area contributed by atoms with Crippen molar-refractivity contribution in [3.8, 4) is 11.1 Å². The highest BCUT2D eigenvalue weighted by atomic mass is 32.2. The Hall–Kier alpha value is -2.38. The van der Waals surface area contributed by atoms with Crippen molar-refractivity contribution in [2.24, 2.45) is 5.14 Å². The van der Waals surface area contributed by atoms with E-state index >= 15 is 0 Å². The second-order valence-corrected chi connectivity index (χ2v) is 7.84. The monoisotopic (exact) mass is 348 g/mol. The smallest absolute Gasteiger partial charge is 0.412 e. The van der Waals surface area contributed by atoms with Crippen LogP contribution < -0.4 is 10.5 Å². The summed E-state index contributed by atoms with van der Waals surface area (Å²) in [5.41, 5.74) is 1.63. The Morgan fingerprint density at radius 3 is 2.21 bits per heavy atom. The molecule has 0 heterocycles. The van der Waals surface area contributed by atoms with E-state index in [1.54, 1.807) is 51.1 Å². The number of anilines is 1. The van der Waals surface area contributed by atoms with Crippen molar-refractivity contribution in [2.45, 2.75) is 31.3 Å². The van der Waals surface area contributed by atoms with Crippen LogP contribution in [0.2, 0.25) is 0 Å². The van der Waals surface area contributed by atoms with Crippen LogP contribution in [0.5, 0.6) is 0 Å². The van der Waals surface area contributed by atoms with Gasteiger partial charge in [0.15, 0.2) is 0 Å². The van der Waals surface area contributed by atoms with E-state index in [1.807, 2.05) is 6.07 Å². The van der Waals surface area contributed by atoms with Gasteiger partial charge in [0, 0.05) is 5.69 Å². The Morgan fingerprint density at radius 1 is 1.04 bits per heavy atom. The van der Waals surface area contributed by atoms with Gasteiger partial charge >= 0.3 is 6.09 Å². The van der Waals surface area contributed by atoms with Gasteiger partial charge in [0.2, 0.25) is 10.0 Å². The lowest BCUT2D eigenvalue weighted by Crippen LogP contribution is -2.27. The molecule has 0 aliphatic rings. The summed E-state index contributed by atoms with van der Waals surface area (Å²) in [5, 5.41) is 7.75. The van der Waals surface area contributed by atoms with E-state index in [0.717, 1.165) is 11.1 Å². The summed E-state index contributed by atoms with van der Waals surface area (Å²) >= 11 is 0. The molecule has 0 radical (unpaired) electrons. The van der Waals surface area contributed by atoms with Crippen molar-refractivity contribution >= 4 is 21.8 Å². The highest BCUT2D eigenvalue weighted by Crippen LogP contribution is 2.24. The van der Waals surface area contributed by atoms with Crippen molar-refractivity contribution < 1.29 is 17.9 Å². The molecule has 2 aromatic carbocycles. The lowest BCUT2D eigenvalue weighted by atomic mass is 10.1. The van der Waals surface area contributed by atoms with Gasteiger partial charge in [-0.15, -0.1) is 0 Å². The molecule has 24 heavy (non-hydrogen) atoms. The number of sulfonamides is 1. The molecule has 0 aliphatic heterocycles. The van der Waals surface area contributed by atoms with Gasteiger partial charge in [-0.2, -0.15) is 0 Å². The van der Waals surface area contributed by atoms with Crippen molar-refractivity contribution in [3.05, 3.63) is 48.5 Å². The Kier molecular flexibility index (Phi) is 4.96. The molecule has 0 unspecified atom stereocenters. The number of rotatable bonds is 3. The number of nitrogens with two attached hydrogens (primary N) is 1. The third-order valence-corrected chi connectivity index (χ3v) is 3.95. The molecule has 6 nitrogen and oxygen atoms in total. The van der Waals surface area contributed by atoms with E-state index in [0.29, 0.717) is 5.69 Å². The molecular formula is C17H20N2O4S. The average molecular weight is 348 g/mol. The second kappa shape index (κ2) is 6.62. The van der Waals surface area contributed by atoms with Crippen LogP contribution in [0.1, 0.15) is 20.8 Å². The summed E-state index contributed by atoms with van der Waals surface area (Å²) in [4.78, 5) is 11.9. The molecule has 1 amide bonds. The largest absolute Gasteiger partial charge is 0.444 e. The van der Waals surface area contributed by atoms with E-state index in [2.05, 4.69) is 5.32 Å². The molecule has 0 saturated carbocycles. The number of hydrogen-bond donors (Lipinski definition) is 2. The minimum Gasteiger partial charge on any atom is -0.444 e. The van der Waals surface area contributed by atoms with Crippen molar-refractivity contribution in [1.82, 2.24) is 0 Å². The molecule has 7 heteroatoms. The maximum absolute atomic E-state index is 11.8. The molecule has 2 aromatic rings. The maximum Gasteiger partial charge on any atom is 0.412 e. The molecule has 0 bridgehead atoms. The number of amides is 1. The van der Waals surface area contributed by atoms with Crippen LogP contribution in [0.3, 0.4) is 0 Å². The Labute approximate surface area is 141 Å². The van der Waals surface area contributed by atoms with Crippen LogP contribution in [0.15, 0.2) is 53.4 Å². The number of benzene rings is 2. The highest BCUT2D eigenvalue weighted by molar-refractivity contribution is 7.89. The number of hydrogen-bond acceptors (Lipinski definition) is 4. The summed E-state index contributed by atoms with van der Waals surface area (Å²) in [6.45, 7) is 5.36. The average Bonchev–Trinajstić information content (AvgIpc) is 2.44. The zero-order chi connectivity index (χ0) is 18.0. The molecular weight excluding hydrogens is 328 g/mol. The fourth-order valence-corrected chi connectivity index (χ4v) is 2.55. The fourth-order valence-electron chi connectivity index (χ4n) is 2.04. The Balaban J connectivity index is 2.20. The third kappa shape index (κ3) is 5.07. The molecule has 2 rings (SSSR count). The topological polar surface area (TPSA) is 98.5 Å². The first-order chi connectivity index (χ1) is 11.0. The number of carbonyl (C=O) groups is 1. The van der Waals surface area contributed by atoms with E-state index in [1.165, 1.54) is 12.1 Å². The predicted octanol–water partition coefficient (Wildman–Crippen LogP) is 3.35. The van der Waals surface area contributed by atoms with Gasteiger partial charge in [-0.1, -0.05) is 24.3 Å². The lowest BCUT2D eigenvalue weighted by Gasteiger charge is -2.19. The third-order valence-electron chi connectivity index (χ3n) is 3.02. The zero-order valence-electron chi connectivity index (χ0n) is 13.7. The number of carbonyl (C=O) groups excluding carboxylic acids is 1. The number of primary sulfonamides is 1.